The molecule has 0 radical (unpaired) electrons. The second-order valence-electron chi connectivity index (χ2n) is 5.73. The molecule has 1 saturated heterocycles. The summed E-state index contributed by atoms with van der Waals surface area (Å²) in [5, 5.41) is 5.81. The van der Waals surface area contributed by atoms with Crippen molar-refractivity contribution in [3.8, 4) is 0 Å². The number of nitrogens with one attached hydrogen (secondary N) is 2. The van der Waals surface area contributed by atoms with E-state index in [1.165, 1.54) is 19.3 Å². The third-order valence-corrected chi connectivity index (χ3v) is 4.22. The lowest BCUT2D eigenvalue weighted by molar-refractivity contribution is -0.148. The van der Waals surface area contributed by atoms with Crippen molar-refractivity contribution in [1.29, 1.82) is 0 Å². The molecule has 1 saturated carbocycles. The molecule has 1 aromatic carbocycles. The second-order valence-corrected chi connectivity index (χ2v) is 5.73. The van der Waals surface area contributed by atoms with E-state index in [4.69, 9.17) is 4.74 Å². The van der Waals surface area contributed by atoms with Crippen LogP contribution in [0, 0.1) is 5.92 Å². The van der Waals surface area contributed by atoms with Gasteiger partial charge in [0.05, 0.1) is 6.04 Å². The van der Waals surface area contributed by atoms with Crippen molar-refractivity contribution in [1.82, 2.24) is 10.6 Å². The molecule has 2 fully saturated rings. The molecule has 21 heavy (non-hydrogen) atoms. The van der Waals surface area contributed by atoms with Gasteiger partial charge in [-0.3, -0.25) is 9.59 Å². The van der Waals surface area contributed by atoms with Crippen LogP contribution in [0.5, 0.6) is 0 Å². The first-order chi connectivity index (χ1) is 10.2. The molecule has 5 heteroatoms. The summed E-state index contributed by atoms with van der Waals surface area (Å²) in [6.45, 7) is 0.638. The number of rotatable bonds is 4. The van der Waals surface area contributed by atoms with E-state index in [0.717, 1.165) is 5.56 Å². The average molecular weight is 288 g/mol. The van der Waals surface area contributed by atoms with Crippen LogP contribution >= 0.6 is 0 Å². The molecular formula is C16H20N2O3. The third-order valence-electron chi connectivity index (χ3n) is 4.22. The number of carbonyl (C=O) groups is 2. The largest absolute Gasteiger partial charge is 0.356 e. The summed E-state index contributed by atoms with van der Waals surface area (Å²) in [5.41, 5.74) is 0.884. The molecule has 1 aliphatic carbocycles. The van der Waals surface area contributed by atoms with Crippen LogP contribution < -0.4 is 10.6 Å². The summed E-state index contributed by atoms with van der Waals surface area (Å²) in [7, 11) is 0. The molecular weight excluding hydrogens is 268 g/mol. The van der Waals surface area contributed by atoms with Crippen LogP contribution in [-0.2, 0) is 14.3 Å². The first-order valence-electron chi connectivity index (χ1n) is 7.47. The zero-order valence-electron chi connectivity index (χ0n) is 11.9. The molecule has 5 nitrogen and oxygen atoms in total. The van der Waals surface area contributed by atoms with Crippen LogP contribution in [0.15, 0.2) is 30.3 Å². The summed E-state index contributed by atoms with van der Waals surface area (Å²) in [6.07, 6.45) is 2.96. The molecule has 112 valence electrons. The van der Waals surface area contributed by atoms with E-state index >= 15 is 0 Å². The van der Waals surface area contributed by atoms with Crippen LogP contribution in [0.4, 0.5) is 0 Å². The van der Waals surface area contributed by atoms with Crippen LogP contribution in [0.1, 0.15) is 30.9 Å². The van der Waals surface area contributed by atoms with Crippen molar-refractivity contribution in [3.63, 3.8) is 0 Å². The van der Waals surface area contributed by atoms with Gasteiger partial charge < -0.3 is 15.4 Å². The first-order valence-corrected chi connectivity index (χ1v) is 7.47. The van der Waals surface area contributed by atoms with E-state index in [9.17, 15) is 9.59 Å². The Balaban J connectivity index is 1.68. The van der Waals surface area contributed by atoms with Gasteiger partial charge in [-0.05, 0) is 24.3 Å². The highest BCUT2D eigenvalue weighted by atomic mass is 16.5. The van der Waals surface area contributed by atoms with Gasteiger partial charge in [-0.25, -0.2) is 0 Å². The Bertz CT molecular complexity index is 514. The lowest BCUT2D eigenvalue weighted by Gasteiger charge is -2.33. The van der Waals surface area contributed by atoms with Gasteiger partial charge in [-0.15, -0.1) is 0 Å². The van der Waals surface area contributed by atoms with Gasteiger partial charge in [0.25, 0.3) is 5.91 Å². The fourth-order valence-corrected chi connectivity index (χ4v) is 2.74. The molecule has 0 spiro atoms. The summed E-state index contributed by atoms with van der Waals surface area (Å²) in [4.78, 5) is 23.9. The molecule has 3 rings (SSSR count). The SMILES string of the molecule is O=C1CO[C@H](C(=O)NCC2CCC2)[C@@H](c2ccccc2)N1. The Kier molecular flexibility index (Phi) is 4.20. The van der Waals surface area contributed by atoms with E-state index in [1.54, 1.807) is 0 Å². The molecule has 1 aliphatic heterocycles. The maximum atomic E-state index is 12.3. The monoisotopic (exact) mass is 288 g/mol. The predicted octanol–water partition coefficient (Wildman–Crippen LogP) is 1.16. The lowest BCUT2D eigenvalue weighted by Crippen LogP contribution is -2.53. The quantitative estimate of drug-likeness (QED) is 0.873. The number of amides is 2. The maximum absolute atomic E-state index is 12.3. The van der Waals surface area contributed by atoms with Gasteiger partial charge in [0.15, 0.2) is 6.10 Å². The Morgan fingerprint density at radius 1 is 1.29 bits per heavy atom. The van der Waals surface area contributed by atoms with Crippen molar-refractivity contribution < 1.29 is 14.3 Å². The number of hydrogen-bond donors (Lipinski definition) is 2. The minimum absolute atomic E-state index is 0.0646. The molecule has 1 heterocycles. The van der Waals surface area contributed by atoms with Gasteiger partial charge in [-0.2, -0.15) is 0 Å². The predicted molar refractivity (Wildman–Crippen MR) is 77.4 cm³/mol. The Morgan fingerprint density at radius 2 is 2.05 bits per heavy atom. The minimum atomic E-state index is -0.662. The normalized spacial score (nSPS) is 25.8. The van der Waals surface area contributed by atoms with Gasteiger partial charge in [-0.1, -0.05) is 36.8 Å². The Labute approximate surface area is 124 Å². The number of hydrogen-bond acceptors (Lipinski definition) is 3. The lowest BCUT2D eigenvalue weighted by atomic mass is 9.85. The fourth-order valence-electron chi connectivity index (χ4n) is 2.74. The molecule has 0 aromatic heterocycles. The van der Waals surface area contributed by atoms with Crippen LogP contribution in [0.3, 0.4) is 0 Å². The average Bonchev–Trinajstić information content (AvgIpc) is 2.46. The first kappa shape index (κ1) is 14.1. The summed E-state index contributed by atoms with van der Waals surface area (Å²) in [6, 6.07) is 9.05. The fraction of sp³-hybridized carbons (Fsp3) is 0.500. The van der Waals surface area contributed by atoms with Crippen molar-refractivity contribution in [3.05, 3.63) is 35.9 Å². The molecule has 0 bridgehead atoms. The van der Waals surface area contributed by atoms with Gasteiger partial charge in [0.2, 0.25) is 5.91 Å². The summed E-state index contributed by atoms with van der Waals surface area (Å²) in [5.74, 6) is 0.268. The zero-order chi connectivity index (χ0) is 14.7. The standard InChI is InChI=1S/C16H20N2O3/c19-13-10-21-15(16(20)17-9-11-5-4-6-11)14(18-13)12-7-2-1-3-8-12/h1-3,7-8,11,14-15H,4-6,9-10H2,(H,17,20)(H,18,19)/t14-,15+/m1/s1. The van der Waals surface area contributed by atoms with Gasteiger partial charge in [0, 0.05) is 6.54 Å². The maximum Gasteiger partial charge on any atom is 0.251 e. The molecule has 2 aliphatic rings. The molecule has 2 N–H and O–H groups in total. The Hall–Kier alpha value is -1.88. The van der Waals surface area contributed by atoms with Gasteiger partial charge >= 0.3 is 0 Å². The van der Waals surface area contributed by atoms with Crippen LogP contribution in [0.2, 0.25) is 0 Å². The summed E-state index contributed by atoms with van der Waals surface area (Å²) < 4.78 is 5.48. The highest BCUT2D eigenvalue weighted by molar-refractivity contribution is 5.86. The molecule has 0 unspecified atom stereocenters. The Morgan fingerprint density at radius 3 is 2.71 bits per heavy atom. The van der Waals surface area contributed by atoms with Crippen molar-refractivity contribution in [2.24, 2.45) is 5.92 Å². The van der Waals surface area contributed by atoms with Crippen LogP contribution in [0.25, 0.3) is 0 Å². The van der Waals surface area contributed by atoms with E-state index < -0.39 is 12.1 Å². The van der Waals surface area contributed by atoms with Crippen molar-refractivity contribution >= 4 is 11.8 Å². The number of ether oxygens (including phenoxy) is 1. The van der Waals surface area contributed by atoms with Crippen molar-refractivity contribution in [2.45, 2.75) is 31.4 Å². The van der Waals surface area contributed by atoms with E-state index in [1.807, 2.05) is 30.3 Å². The van der Waals surface area contributed by atoms with E-state index in [2.05, 4.69) is 10.6 Å². The van der Waals surface area contributed by atoms with Crippen molar-refractivity contribution in [2.75, 3.05) is 13.2 Å². The van der Waals surface area contributed by atoms with Crippen LogP contribution in [-0.4, -0.2) is 31.1 Å². The zero-order valence-corrected chi connectivity index (χ0v) is 11.9. The second kappa shape index (κ2) is 6.26. The highest BCUT2D eigenvalue weighted by Crippen LogP contribution is 2.26. The number of benzene rings is 1. The smallest absolute Gasteiger partial charge is 0.251 e. The number of carbonyl (C=O) groups excluding carboxylic acids is 2. The number of morpholine rings is 1. The molecule has 2 amide bonds. The molecule has 1 aromatic rings. The molecule has 2 atom stereocenters. The third kappa shape index (κ3) is 3.24. The van der Waals surface area contributed by atoms with E-state index in [-0.39, 0.29) is 18.4 Å². The highest BCUT2D eigenvalue weighted by Gasteiger charge is 2.36. The topological polar surface area (TPSA) is 67.4 Å². The van der Waals surface area contributed by atoms with E-state index in [0.29, 0.717) is 12.5 Å². The minimum Gasteiger partial charge on any atom is -0.356 e. The van der Waals surface area contributed by atoms with Gasteiger partial charge in [0.1, 0.15) is 6.61 Å². The summed E-state index contributed by atoms with van der Waals surface area (Å²) >= 11 is 0.